The molecule has 5 nitrogen and oxygen atoms in total. The number of ether oxygens (including phenoxy) is 1. The Labute approximate surface area is 214 Å². The number of hydrogen-bond donors (Lipinski definition) is 0. The molecule has 1 aliphatic rings. The van der Waals surface area contributed by atoms with Crippen LogP contribution in [0.4, 0.5) is 5.69 Å². The number of thiocarbonyl (C=S) groups is 1. The van der Waals surface area contributed by atoms with E-state index < -0.39 is 0 Å². The van der Waals surface area contributed by atoms with Crippen LogP contribution in [0.5, 0.6) is 5.75 Å². The molecule has 1 fully saturated rings. The maximum Gasteiger partial charge on any atom is 0.270 e. The lowest BCUT2D eigenvalue weighted by Gasteiger charge is -2.17. The lowest BCUT2D eigenvalue weighted by molar-refractivity contribution is -0.113. The highest BCUT2D eigenvalue weighted by Gasteiger charge is 2.34. The van der Waals surface area contributed by atoms with Gasteiger partial charge in [-0.3, -0.25) is 9.69 Å². The Bertz CT molecular complexity index is 1460. The van der Waals surface area contributed by atoms with Gasteiger partial charge in [-0.15, -0.1) is 0 Å². The van der Waals surface area contributed by atoms with Gasteiger partial charge in [0, 0.05) is 17.3 Å². The fraction of sp³-hybridized carbons (Fsp3) is 0.107. The Morgan fingerprint density at radius 2 is 1.74 bits per heavy atom. The van der Waals surface area contributed by atoms with Gasteiger partial charge in [-0.25, -0.2) is 4.68 Å². The molecule has 1 aromatic heterocycles. The molecule has 0 atom stereocenters. The molecule has 3 aromatic carbocycles. The van der Waals surface area contributed by atoms with Gasteiger partial charge in [0.25, 0.3) is 5.91 Å². The van der Waals surface area contributed by atoms with Crippen LogP contribution >= 0.6 is 24.0 Å². The predicted octanol–water partition coefficient (Wildman–Crippen LogP) is 6.57. The summed E-state index contributed by atoms with van der Waals surface area (Å²) < 4.78 is 7.66. The SMILES string of the molecule is COc1ccc(-c2nn(-c3ccccc3)cc2/C=C2\SC(=S)N(c3cc(C)ccc3C)C2=O)cc1. The van der Waals surface area contributed by atoms with E-state index in [1.165, 1.54) is 11.8 Å². The second-order valence-electron chi connectivity index (χ2n) is 8.25. The average Bonchev–Trinajstić information content (AvgIpc) is 3.42. The van der Waals surface area contributed by atoms with Gasteiger partial charge in [0.05, 0.1) is 29.1 Å². The van der Waals surface area contributed by atoms with Crippen molar-refractivity contribution in [2.45, 2.75) is 13.8 Å². The molecule has 0 radical (unpaired) electrons. The van der Waals surface area contributed by atoms with Crippen molar-refractivity contribution in [3.63, 3.8) is 0 Å². The standard InChI is InChI=1S/C28H23N3O2S2/c1-18-9-10-19(2)24(15-18)31-27(32)25(35-28(31)34)16-21-17-30(22-7-5-4-6-8-22)29-26(21)20-11-13-23(33-3)14-12-20/h4-17H,1-3H3/b25-16-. The molecular formula is C28H23N3O2S2. The third kappa shape index (κ3) is 4.52. The smallest absolute Gasteiger partial charge is 0.270 e. The van der Waals surface area contributed by atoms with Crippen molar-refractivity contribution < 1.29 is 9.53 Å². The second kappa shape index (κ2) is 9.52. The summed E-state index contributed by atoms with van der Waals surface area (Å²) in [7, 11) is 1.64. The van der Waals surface area contributed by atoms with Crippen LogP contribution in [0.25, 0.3) is 23.0 Å². The van der Waals surface area contributed by atoms with E-state index in [-0.39, 0.29) is 5.91 Å². The van der Waals surface area contributed by atoms with Crippen molar-refractivity contribution >= 4 is 46.0 Å². The molecule has 4 aromatic rings. The van der Waals surface area contributed by atoms with Crippen molar-refractivity contribution in [3.05, 3.63) is 101 Å². The minimum absolute atomic E-state index is 0.123. The highest BCUT2D eigenvalue weighted by molar-refractivity contribution is 8.27. The van der Waals surface area contributed by atoms with Crippen molar-refractivity contribution in [1.29, 1.82) is 0 Å². The number of aromatic nitrogens is 2. The van der Waals surface area contributed by atoms with Gasteiger partial charge in [0.1, 0.15) is 5.75 Å². The van der Waals surface area contributed by atoms with E-state index >= 15 is 0 Å². The molecule has 0 N–H and O–H groups in total. The van der Waals surface area contributed by atoms with E-state index in [2.05, 4.69) is 0 Å². The Balaban J connectivity index is 1.58. The zero-order chi connectivity index (χ0) is 24.5. The summed E-state index contributed by atoms with van der Waals surface area (Å²) >= 11 is 6.94. The first-order valence-electron chi connectivity index (χ1n) is 11.1. The van der Waals surface area contributed by atoms with E-state index in [0.29, 0.717) is 9.23 Å². The summed E-state index contributed by atoms with van der Waals surface area (Å²) in [6.07, 6.45) is 3.83. The van der Waals surface area contributed by atoms with Gasteiger partial charge in [0.15, 0.2) is 4.32 Å². The van der Waals surface area contributed by atoms with Crippen LogP contribution in [0.2, 0.25) is 0 Å². The fourth-order valence-electron chi connectivity index (χ4n) is 3.96. The molecule has 174 valence electrons. The summed E-state index contributed by atoms with van der Waals surface area (Å²) in [6.45, 7) is 4.00. The normalized spacial score (nSPS) is 14.7. The van der Waals surface area contributed by atoms with Crippen LogP contribution in [0.1, 0.15) is 16.7 Å². The van der Waals surface area contributed by atoms with Crippen molar-refractivity contribution in [3.8, 4) is 22.7 Å². The minimum atomic E-state index is -0.123. The van der Waals surface area contributed by atoms with Gasteiger partial charge in [0.2, 0.25) is 0 Å². The molecule has 0 spiro atoms. The molecule has 0 bridgehead atoms. The number of rotatable bonds is 5. The first-order chi connectivity index (χ1) is 16.9. The number of nitrogens with zero attached hydrogens (tertiary/aromatic N) is 3. The molecule has 1 amide bonds. The first-order valence-corrected chi connectivity index (χ1v) is 12.3. The second-order valence-corrected chi connectivity index (χ2v) is 9.92. The highest BCUT2D eigenvalue weighted by atomic mass is 32.2. The number of methoxy groups -OCH3 is 1. The van der Waals surface area contributed by atoms with Crippen molar-refractivity contribution in [1.82, 2.24) is 9.78 Å². The Morgan fingerprint density at radius 1 is 1.00 bits per heavy atom. The van der Waals surface area contributed by atoms with Crippen LogP contribution in [0, 0.1) is 13.8 Å². The quantitative estimate of drug-likeness (QED) is 0.231. The Hall–Kier alpha value is -3.68. The Kier molecular flexibility index (Phi) is 6.28. The van der Waals surface area contributed by atoms with E-state index in [0.717, 1.165) is 45.1 Å². The van der Waals surface area contributed by atoms with Crippen LogP contribution in [0.3, 0.4) is 0 Å². The summed E-state index contributed by atoms with van der Waals surface area (Å²) in [4.78, 5) is 15.7. The number of thioether (sulfide) groups is 1. The summed E-state index contributed by atoms with van der Waals surface area (Å²) in [5.74, 6) is 0.647. The van der Waals surface area contributed by atoms with Gasteiger partial charge in [-0.1, -0.05) is 54.3 Å². The van der Waals surface area contributed by atoms with Gasteiger partial charge in [-0.05, 0) is 73.5 Å². The predicted molar refractivity (Wildman–Crippen MR) is 147 cm³/mol. The van der Waals surface area contributed by atoms with Gasteiger partial charge < -0.3 is 4.74 Å². The average molecular weight is 498 g/mol. The molecule has 0 saturated carbocycles. The van der Waals surface area contributed by atoms with E-state index in [4.69, 9.17) is 22.1 Å². The molecule has 2 heterocycles. The first kappa shape index (κ1) is 23.1. The minimum Gasteiger partial charge on any atom is -0.497 e. The number of carbonyl (C=O) groups is 1. The van der Waals surface area contributed by atoms with Crippen molar-refractivity contribution in [2.24, 2.45) is 0 Å². The molecular weight excluding hydrogens is 474 g/mol. The Morgan fingerprint density at radius 3 is 2.46 bits per heavy atom. The fourth-order valence-corrected chi connectivity index (χ4v) is 5.23. The van der Waals surface area contributed by atoms with Crippen LogP contribution in [-0.4, -0.2) is 27.1 Å². The third-order valence-corrected chi connectivity index (χ3v) is 7.11. The zero-order valence-corrected chi connectivity index (χ0v) is 21.2. The lowest BCUT2D eigenvalue weighted by atomic mass is 10.1. The zero-order valence-electron chi connectivity index (χ0n) is 19.6. The molecule has 0 unspecified atom stereocenters. The van der Waals surface area contributed by atoms with Gasteiger partial charge in [-0.2, -0.15) is 5.10 Å². The molecule has 1 aliphatic heterocycles. The van der Waals surface area contributed by atoms with E-state index in [1.807, 2.05) is 104 Å². The number of hydrogen-bond acceptors (Lipinski definition) is 5. The monoisotopic (exact) mass is 497 g/mol. The number of amides is 1. The summed E-state index contributed by atoms with van der Waals surface area (Å²) in [5.41, 5.74) is 6.38. The number of benzene rings is 3. The largest absolute Gasteiger partial charge is 0.497 e. The van der Waals surface area contributed by atoms with Crippen LogP contribution in [-0.2, 0) is 4.79 Å². The van der Waals surface area contributed by atoms with E-state index in [9.17, 15) is 4.79 Å². The number of para-hydroxylation sites is 1. The lowest BCUT2D eigenvalue weighted by Crippen LogP contribution is -2.28. The summed E-state index contributed by atoms with van der Waals surface area (Å²) in [5, 5.41) is 4.86. The molecule has 5 rings (SSSR count). The van der Waals surface area contributed by atoms with E-state index in [1.54, 1.807) is 12.0 Å². The third-order valence-electron chi connectivity index (χ3n) is 5.81. The van der Waals surface area contributed by atoms with Gasteiger partial charge >= 0.3 is 0 Å². The molecule has 1 saturated heterocycles. The number of carbonyl (C=O) groups excluding carboxylic acids is 1. The molecule has 7 heteroatoms. The number of aryl methyl sites for hydroxylation is 2. The van der Waals surface area contributed by atoms with Crippen LogP contribution in [0.15, 0.2) is 83.9 Å². The molecule has 35 heavy (non-hydrogen) atoms. The van der Waals surface area contributed by atoms with Crippen LogP contribution < -0.4 is 9.64 Å². The maximum atomic E-state index is 13.5. The summed E-state index contributed by atoms with van der Waals surface area (Å²) in [6, 6.07) is 23.7. The topological polar surface area (TPSA) is 47.4 Å². The number of anilines is 1. The highest BCUT2D eigenvalue weighted by Crippen LogP contribution is 2.39. The van der Waals surface area contributed by atoms with Crippen molar-refractivity contribution in [2.75, 3.05) is 12.0 Å². The molecule has 0 aliphatic carbocycles. The maximum absolute atomic E-state index is 13.5.